The number of rotatable bonds is 5. The van der Waals surface area contributed by atoms with E-state index in [2.05, 4.69) is 15.0 Å². The standard InChI is InChI=1S/C11H14N4O2S/c1-16-7-3-4-8(10(5-7)17-2)11(13-12)9-6-18-15-14-9/h3-6,11,13H,12H2,1-2H3. The van der Waals surface area contributed by atoms with Crippen LogP contribution in [0.4, 0.5) is 0 Å². The first-order valence-electron chi connectivity index (χ1n) is 5.25. The summed E-state index contributed by atoms with van der Waals surface area (Å²) < 4.78 is 14.3. The summed E-state index contributed by atoms with van der Waals surface area (Å²) in [7, 11) is 3.21. The zero-order valence-electron chi connectivity index (χ0n) is 10.1. The van der Waals surface area contributed by atoms with Gasteiger partial charge >= 0.3 is 0 Å². The highest BCUT2D eigenvalue weighted by molar-refractivity contribution is 7.03. The van der Waals surface area contributed by atoms with Gasteiger partial charge in [0.05, 0.1) is 26.0 Å². The number of benzene rings is 1. The monoisotopic (exact) mass is 266 g/mol. The quantitative estimate of drug-likeness (QED) is 0.623. The van der Waals surface area contributed by atoms with Gasteiger partial charge in [-0.3, -0.25) is 5.84 Å². The molecule has 2 rings (SSSR count). The number of aromatic nitrogens is 2. The summed E-state index contributed by atoms with van der Waals surface area (Å²) in [5, 5.41) is 5.86. The molecular weight excluding hydrogens is 252 g/mol. The van der Waals surface area contributed by atoms with Gasteiger partial charge < -0.3 is 9.47 Å². The summed E-state index contributed by atoms with van der Waals surface area (Å²) in [6.45, 7) is 0. The maximum absolute atomic E-state index is 5.59. The summed E-state index contributed by atoms with van der Waals surface area (Å²) in [5.74, 6) is 7.00. The normalized spacial score (nSPS) is 12.2. The van der Waals surface area contributed by atoms with Crippen molar-refractivity contribution in [1.29, 1.82) is 0 Å². The van der Waals surface area contributed by atoms with Crippen LogP contribution in [0.1, 0.15) is 17.3 Å². The number of methoxy groups -OCH3 is 2. The van der Waals surface area contributed by atoms with E-state index in [0.29, 0.717) is 5.75 Å². The summed E-state index contributed by atoms with van der Waals surface area (Å²) in [6.07, 6.45) is 0. The Hall–Kier alpha value is -1.70. The van der Waals surface area contributed by atoms with Gasteiger partial charge in [0.25, 0.3) is 0 Å². The van der Waals surface area contributed by atoms with Crippen LogP contribution >= 0.6 is 11.5 Å². The van der Waals surface area contributed by atoms with E-state index in [1.54, 1.807) is 20.3 Å². The lowest BCUT2D eigenvalue weighted by atomic mass is 10.0. The van der Waals surface area contributed by atoms with Gasteiger partial charge in [-0.15, -0.1) is 5.10 Å². The Morgan fingerprint density at radius 1 is 1.33 bits per heavy atom. The van der Waals surface area contributed by atoms with E-state index in [1.807, 2.05) is 17.5 Å². The van der Waals surface area contributed by atoms with Crippen molar-refractivity contribution in [2.24, 2.45) is 5.84 Å². The molecule has 0 aliphatic carbocycles. The number of nitrogens with zero attached hydrogens (tertiary/aromatic N) is 2. The second-order valence-electron chi connectivity index (χ2n) is 3.54. The van der Waals surface area contributed by atoms with Crippen LogP contribution in [-0.4, -0.2) is 23.8 Å². The summed E-state index contributed by atoms with van der Waals surface area (Å²) in [6, 6.07) is 5.29. The molecule has 0 radical (unpaired) electrons. The molecule has 1 aromatic carbocycles. The largest absolute Gasteiger partial charge is 0.497 e. The van der Waals surface area contributed by atoms with Crippen molar-refractivity contribution in [3.8, 4) is 11.5 Å². The molecule has 0 amide bonds. The molecule has 3 N–H and O–H groups in total. The Bertz CT molecular complexity index is 504. The number of hydrogen-bond donors (Lipinski definition) is 2. The lowest BCUT2D eigenvalue weighted by molar-refractivity contribution is 0.387. The highest BCUT2D eigenvalue weighted by Crippen LogP contribution is 2.32. The second kappa shape index (κ2) is 5.76. The third kappa shape index (κ3) is 2.42. The lowest BCUT2D eigenvalue weighted by Crippen LogP contribution is -2.29. The van der Waals surface area contributed by atoms with E-state index >= 15 is 0 Å². The maximum Gasteiger partial charge on any atom is 0.127 e. The predicted molar refractivity (Wildman–Crippen MR) is 68.6 cm³/mol. The molecule has 6 nitrogen and oxygen atoms in total. The van der Waals surface area contributed by atoms with E-state index in [9.17, 15) is 0 Å². The molecule has 1 unspecified atom stereocenters. The van der Waals surface area contributed by atoms with Crippen molar-refractivity contribution in [3.05, 3.63) is 34.8 Å². The highest BCUT2D eigenvalue weighted by Gasteiger charge is 2.19. The van der Waals surface area contributed by atoms with Gasteiger partial charge in [-0.05, 0) is 23.7 Å². The number of nitrogens with one attached hydrogen (secondary N) is 1. The van der Waals surface area contributed by atoms with Crippen molar-refractivity contribution >= 4 is 11.5 Å². The van der Waals surface area contributed by atoms with E-state index in [4.69, 9.17) is 15.3 Å². The number of hydrogen-bond acceptors (Lipinski definition) is 7. The fraction of sp³-hybridized carbons (Fsp3) is 0.273. The Labute approximate surface area is 109 Å². The molecule has 0 bridgehead atoms. The third-order valence-corrected chi connectivity index (χ3v) is 3.11. The van der Waals surface area contributed by atoms with Crippen molar-refractivity contribution in [2.75, 3.05) is 14.2 Å². The van der Waals surface area contributed by atoms with Crippen molar-refractivity contribution in [2.45, 2.75) is 6.04 Å². The molecule has 0 aliphatic heterocycles. The smallest absolute Gasteiger partial charge is 0.127 e. The summed E-state index contributed by atoms with van der Waals surface area (Å²) in [4.78, 5) is 0. The third-order valence-electron chi connectivity index (χ3n) is 2.59. The molecule has 0 saturated heterocycles. The summed E-state index contributed by atoms with van der Waals surface area (Å²) >= 11 is 1.28. The van der Waals surface area contributed by atoms with Crippen LogP contribution in [0.25, 0.3) is 0 Å². The van der Waals surface area contributed by atoms with Gasteiger partial charge in [0, 0.05) is 17.0 Å². The molecule has 0 spiro atoms. The van der Waals surface area contributed by atoms with E-state index in [0.717, 1.165) is 17.0 Å². The van der Waals surface area contributed by atoms with Crippen LogP contribution in [0.15, 0.2) is 23.6 Å². The van der Waals surface area contributed by atoms with E-state index in [-0.39, 0.29) is 6.04 Å². The zero-order valence-corrected chi connectivity index (χ0v) is 10.9. The Morgan fingerprint density at radius 3 is 2.72 bits per heavy atom. The Balaban J connectivity index is 2.42. The van der Waals surface area contributed by atoms with Crippen LogP contribution in [0.2, 0.25) is 0 Å². The minimum Gasteiger partial charge on any atom is -0.497 e. The topological polar surface area (TPSA) is 82.3 Å². The fourth-order valence-electron chi connectivity index (χ4n) is 1.69. The second-order valence-corrected chi connectivity index (χ2v) is 4.15. The van der Waals surface area contributed by atoms with Crippen LogP contribution < -0.4 is 20.7 Å². The molecule has 7 heteroatoms. The average molecular weight is 266 g/mol. The van der Waals surface area contributed by atoms with Gasteiger partial charge in [-0.25, -0.2) is 5.43 Å². The molecule has 1 heterocycles. The number of nitrogens with two attached hydrogens (primary N) is 1. The SMILES string of the molecule is COc1ccc(C(NN)c2csnn2)c(OC)c1. The van der Waals surface area contributed by atoms with Gasteiger partial charge in [-0.2, -0.15) is 0 Å². The molecule has 96 valence electrons. The summed E-state index contributed by atoms with van der Waals surface area (Å²) in [5.41, 5.74) is 4.35. The van der Waals surface area contributed by atoms with Crippen LogP contribution in [0.3, 0.4) is 0 Å². The van der Waals surface area contributed by atoms with Crippen LogP contribution in [0.5, 0.6) is 11.5 Å². The maximum atomic E-state index is 5.59. The number of hydrazine groups is 1. The minimum atomic E-state index is -0.260. The first-order chi connectivity index (χ1) is 8.80. The van der Waals surface area contributed by atoms with Crippen LogP contribution in [-0.2, 0) is 0 Å². The molecule has 2 aromatic rings. The van der Waals surface area contributed by atoms with E-state index < -0.39 is 0 Å². The molecule has 1 aromatic heterocycles. The Morgan fingerprint density at radius 2 is 2.17 bits per heavy atom. The predicted octanol–water partition coefficient (Wildman–Crippen LogP) is 1.11. The first kappa shape index (κ1) is 12.7. The molecule has 1 atom stereocenters. The Kier molecular flexibility index (Phi) is 4.08. The zero-order chi connectivity index (χ0) is 13.0. The van der Waals surface area contributed by atoms with Crippen molar-refractivity contribution in [3.63, 3.8) is 0 Å². The molecule has 18 heavy (non-hydrogen) atoms. The average Bonchev–Trinajstić information content (AvgIpc) is 2.94. The molecular formula is C11H14N4O2S. The fourth-order valence-corrected chi connectivity index (χ4v) is 2.17. The van der Waals surface area contributed by atoms with Gasteiger partial charge in [0.1, 0.15) is 11.5 Å². The lowest BCUT2D eigenvalue weighted by Gasteiger charge is -2.17. The van der Waals surface area contributed by atoms with Crippen LogP contribution in [0, 0.1) is 0 Å². The van der Waals surface area contributed by atoms with Gasteiger partial charge in [0.2, 0.25) is 0 Å². The van der Waals surface area contributed by atoms with E-state index in [1.165, 1.54) is 11.5 Å². The molecule has 0 saturated carbocycles. The van der Waals surface area contributed by atoms with Crippen molar-refractivity contribution in [1.82, 2.24) is 15.0 Å². The number of ether oxygens (including phenoxy) is 2. The van der Waals surface area contributed by atoms with Crippen molar-refractivity contribution < 1.29 is 9.47 Å². The molecule has 0 fully saturated rings. The highest BCUT2D eigenvalue weighted by atomic mass is 32.1. The van der Waals surface area contributed by atoms with Gasteiger partial charge in [0.15, 0.2) is 0 Å². The first-order valence-corrected chi connectivity index (χ1v) is 6.08. The molecule has 0 aliphatic rings. The van der Waals surface area contributed by atoms with Gasteiger partial charge in [-0.1, -0.05) is 4.49 Å². The minimum absolute atomic E-state index is 0.260.